The molecule has 112 valence electrons. The van der Waals surface area contributed by atoms with Gasteiger partial charge >= 0.3 is 0 Å². The Hall–Kier alpha value is -1.39. The first kappa shape index (κ1) is 16.7. The fourth-order valence-corrected chi connectivity index (χ4v) is 3.02. The van der Waals surface area contributed by atoms with E-state index in [1.54, 1.807) is 39.3 Å². The molecule has 1 rings (SSSR count). The number of rotatable bonds is 6. The minimum atomic E-state index is -0.231. The lowest BCUT2D eigenvalue weighted by Crippen LogP contribution is -2.40. The van der Waals surface area contributed by atoms with Crippen molar-refractivity contribution in [3.05, 3.63) is 12.0 Å². The van der Waals surface area contributed by atoms with Gasteiger partial charge in [0.25, 0.3) is 0 Å². The summed E-state index contributed by atoms with van der Waals surface area (Å²) in [5, 5.41) is 12.4. The fourth-order valence-electron chi connectivity index (χ4n) is 1.81. The first-order valence-electron chi connectivity index (χ1n) is 6.42. The zero-order valence-corrected chi connectivity index (χ0v) is 13.4. The van der Waals surface area contributed by atoms with E-state index in [-0.39, 0.29) is 11.3 Å². The topological polar surface area (TPSA) is 69.9 Å². The van der Waals surface area contributed by atoms with E-state index in [4.69, 9.17) is 9.47 Å². The number of aliphatic imine (C=N–C) groups is 1. The summed E-state index contributed by atoms with van der Waals surface area (Å²) in [4.78, 5) is 4.29. The molecule has 20 heavy (non-hydrogen) atoms. The van der Waals surface area contributed by atoms with Crippen molar-refractivity contribution in [2.45, 2.75) is 25.1 Å². The van der Waals surface area contributed by atoms with Crippen LogP contribution in [0.15, 0.2) is 17.0 Å². The second kappa shape index (κ2) is 8.02. The van der Waals surface area contributed by atoms with Crippen LogP contribution in [0.1, 0.15) is 13.8 Å². The second-order valence-electron chi connectivity index (χ2n) is 4.62. The standard InChI is InChI=1S/C13H22N4O2S/c1-9(2)13(10(7-14)15-3)20-17-8-16-11(18-4)6-12(17)19-5/h6,9-10,13,15H,8H2,1-5H3. The van der Waals surface area contributed by atoms with Gasteiger partial charge in [-0.1, -0.05) is 13.8 Å². The minimum Gasteiger partial charge on any atom is -0.482 e. The van der Waals surface area contributed by atoms with Gasteiger partial charge in [0.1, 0.15) is 12.7 Å². The second-order valence-corrected chi connectivity index (χ2v) is 5.81. The Balaban J connectivity index is 2.83. The molecule has 1 N–H and O–H groups in total. The van der Waals surface area contributed by atoms with Gasteiger partial charge in [-0.2, -0.15) is 5.26 Å². The smallest absolute Gasteiger partial charge is 0.215 e. The van der Waals surface area contributed by atoms with Crippen LogP contribution in [0.2, 0.25) is 0 Å². The van der Waals surface area contributed by atoms with E-state index >= 15 is 0 Å². The normalized spacial score (nSPS) is 17.9. The van der Waals surface area contributed by atoms with E-state index in [0.29, 0.717) is 24.4 Å². The molecule has 1 aliphatic heterocycles. The van der Waals surface area contributed by atoms with Crippen molar-refractivity contribution >= 4 is 17.8 Å². The van der Waals surface area contributed by atoms with Crippen molar-refractivity contribution in [2.24, 2.45) is 10.9 Å². The number of ether oxygens (including phenoxy) is 2. The van der Waals surface area contributed by atoms with Crippen LogP contribution < -0.4 is 5.32 Å². The Kier molecular flexibility index (Phi) is 6.68. The van der Waals surface area contributed by atoms with Crippen molar-refractivity contribution in [2.75, 3.05) is 27.9 Å². The molecular weight excluding hydrogens is 276 g/mol. The van der Waals surface area contributed by atoms with Crippen molar-refractivity contribution < 1.29 is 9.47 Å². The van der Waals surface area contributed by atoms with E-state index in [0.717, 1.165) is 0 Å². The van der Waals surface area contributed by atoms with Crippen molar-refractivity contribution in [1.82, 2.24) is 9.62 Å². The molecule has 6 nitrogen and oxygen atoms in total. The average molecular weight is 298 g/mol. The Morgan fingerprint density at radius 2 is 2.15 bits per heavy atom. The molecule has 2 atom stereocenters. The van der Waals surface area contributed by atoms with Crippen LogP contribution in [-0.2, 0) is 9.47 Å². The molecule has 0 bridgehead atoms. The molecule has 2 unspecified atom stereocenters. The summed E-state index contributed by atoms with van der Waals surface area (Å²) in [6.45, 7) is 4.64. The maximum Gasteiger partial charge on any atom is 0.215 e. The highest BCUT2D eigenvalue weighted by atomic mass is 32.2. The van der Waals surface area contributed by atoms with Gasteiger partial charge in [0, 0.05) is 0 Å². The highest BCUT2D eigenvalue weighted by Crippen LogP contribution is 2.31. The minimum absolute atomic E-state index is 0.0999. The Morgan fingerprint density at radius 3 is 2.60 bits per heavy atom. The summed E-state index contributed by atoms with van der Waals surface area (Å²) in [6.07, 6.45) is 1.74. The third kappa shape index (κ3) is 4.05. The van der Waals surface area contributed by atoms with Gasteiger partial charge in [-0.05, 0) is 24.9 Å². The number of nitriles is 1. The molecule has 0 radical (unpaired) electrons. The van der Waals surface area contributed by atoms with E-state index in [2.05, 4.69) is 30.2 Å². The van der Waals surface area contributed by atoms with Gasteiger partial charge in [0.05, 0.1) is 31.6 Å². The van der Waals surface area contributed by atoms with Crippen LogP contribution >= 0.6 is 11.9 Å². The van der Waals surface area contributed by atoms with Crippen LogP contribution in [-0.4, -0.2) is 49.4 Å². The van der Waals surface area contributed by atoms with Crippen LogP contribution in [0.5, 0.6) is 0 Å². The van der Waals surface area contributed by atoms with Gasteiger partial charge in [0.15, 0.2) is 0 Å². The molecule has 7 heteroatoms. The summed E-state index contributed by atoms with van der Waals surface area (Å²) < 4.78 is 12.4. The van der Waals surface area contributed by atoms with Crippen LogP contribution in [0.4, 0.5) is 0 Å². The zero-order chi connectivity index (χ0) is 15.1. The van der Waals surface area contributed by atoms with Crippen LogP contribution in [0.25, 0.3) is 0 Å². The fraction of sp³-hybridized carbons (Fsp3) is 0.692. The zero-order valence-electron chi connectivity index (χ0n) is 12.6. The molecule has 0 saturated carbocycles. The molecule has 0 aromatic heterocycles. The highest BCUT2D eigenvalue weighted by molar-refractivity contribution is 7.97. The Morgan fingerprint density at radius 1 is 1.45 bits per heavy atom. The summed E-state index contributed by atoms with van der Waals surface area (Å²) in [5.74, 6) is 1.56. The van der Waals surface area contributed by atoms with Gasteiger partial charge in [-0.3, -0.25) is 4.31 Å². The molecule has 0 aromatic carbocycles. The monoisotopic (exact) mass is 298 g/mol. The number of nitrogens with one attached hydrogen (secondary N) is 1. The summed E-state index contributed by atoms with van der Waals surface area (Å²) >= 11 is 1.57. The predicted molar refractivity (Wildman–Crippen MR) is 80.9 cm³/mol. The number of nitrogens with zero attached hydrogens (tertiary/aromatic N) is 3. The molecule has 0 aliphatic carbocycles. The lowest BCUT2D eigenvalue weighted by atomic mass is 10.0. The van der Waals surface area contributed by atoms with Crippen molar-refractivity contribution in [1.29, 1.82) is 5.26 Å². The Bertz CT molecular complexity index is 417. The maximum atomic E-state index is 9.24. The van der Waals surface area contributed by atoms with Crippen molar-refractivity contribution in [3.63, 3.8) is 0 Å². The quantitative estimate of drug-likeness (QED) is 0.751. The summed E-state index contributed by atoms with van der Waals surface area (Å²) in [6, 6.07) is 2.07. The predicted octanol–water partition coefficient (Wildman–Crippen LogP) is 1.58. The van der Waals surface area contributed by atoms with E-state index in [9.17, 15) is 5.26 Å². The Labute approximate surface area is 125 Å². The summed E-state index contributed by atoms with van der Waals surface area (Å²) in [7, 11) is 4.99. The lowest BCUT2D eigenvalue weighted by molar-refractivity contribution is 0.212. The molecule has 0 spiro atoms. The van der Waals surface area contributed by atoms with Crippen molar-refractivity contribution in [3.8, 4) is 6.07 Å². The summed E-state index contributed by atoms with van der Waals surface area (Å²) in [5.41, 5.74) is 0. The van der Waals surface area contributed by atoms with Crippen LogP contribution in [0.3, 0.4) is 0 Å². The molecule has 0 saturated heterocycles. The SMILES string of the molecule is CNC(C#N)C(SN1CN=C(OC)C=C1OC)C(C)C. The molecule has 1 aliphatic rings. The lowest BCUT2D eigenvalue weighted by Gasteiger charge is -2.32. The number of methoxy groups -OCH3 is 2. The first-order chi connectivity index (χ1) is 9.57. The maximum absolute atomic E-state index is 9.24. The average Bonchev–Trinajstić information content (AvgIpc) is 2.47. The van der Waals surface area contributed by atoms with E-state index < -0.39 is 0 Å². The van der Waals surface area contributed by atoms with E-state index in [1.807, 2.05) is 4.31 Å². The van der Waals surface area contributed by atoms with Gasteiger partial charge in [-0.15, -0.1) is 0 Å². The first-order valence-corrected chi connectivity index (χ1v) is 7.26. The van der Waals surface area contributed by atoms with Gasteiger partial charge in [0.2, 0.25) is 11.8 Å². The van der Waals surface area contributed by atoms with Crippen LogP contribution in [0, 0.1) is 17.2 Å². The van der Waals surface area contributed by atoms with Gasteiger partial charge < -0.3 is 14.8 Å². The highest BCUT2D eigenvalue weighted by Gasteiger charge is 2.29. The number of hydrogen-bond donors (Lipinski definition) is 1. The molecule has 0 amide bonds. The third-order valence-corrected chi connectivity index (χ3v) is 4.56. The third-order valence-electron chi connectivity index (χ3n) is 2.95. The molecule has 0 fully saturated rings. The van der Waals surface area contributed by atoms with Gasteiger partial charge in [-0.25, -0.2) is 4.99 Å². The molecule has 0 aromatic rings. The number of hydrogen-bond acceptors (Lipinski definition) is 7. The van der Waals surface area contributed by atoms with E-state index in [1.165, 1.54) is 0 Å². The molecule has 1 heterocycles. The molecular formula is C13H22N4O2S. The largest absolute Gasteiger partial charge is 0.482 e.